The van der Waals surface area contributed by atoms with Gasteiger partial charge in [-0.05, 0) is 30.3 Å². The molecule has 0 bridgehead atoms. The van der Waals surface area contributed by atoms with Gasteiger partial charge in [0.1, 0.15) is 5.75 Å². The first-order valence-electron chi connectivity index (χ1n) is 6.03. The smallest absolute Gasteiger partial charge is 0.416 e. The number of thioether (sulfide) groups is 1. The number of alkyl halides is 3. The maximum absolute atomic E-state index is 12.5. The summed E-state index contributed by atoms with van der Waals surface area (Å²) in [7, 11) is 0. The molecule has 0 aliphatic rings. The molecule has 2 rings (SSSR count). The summed E-state index contributed by atoms with van der Waals surface area (Å²) in [6.45, 7) is 0.449. The lowest BCUT2D eigenvalue weighted by Gasteiger charge is -2.09. The molecule has 0 saturated heterocycles. The number of ether oxygens (including phenoxy) is 1. The van der Waals surface area contributed by atoms with Gasteiger partial charge in [-0.2, -0.15) is 13.2 Å². The fraction of sp³-hybridized carbons (Fsp3) is 0.200. The minimum Gasteiger partial charge on any atom is -0.493 e. The van der Waals surface area contributed by atoms with Gasteiger partial charge >= 0.3 is 6.18 Å². The summed E-state index contributed by atoms with van der Waals surface area (Å²) in [6, 6.07) is 14.6. The maximum Gasteiger partial charge on any atom is 0.416 e. The van der Waals surface area contributed by atoms with Crippen molar-refractivity contribution >= 4 is 11.8 Å². The standard InChI is InChI=1S/C15H13F3OS/c16-15(17,18)12-5-4-8-14(11-12)20-10-9-19-13-6-2-1-3-7-13/h1-8,11H,9-10H2. The largest absolute Gasteiger partial charge is 0.493 e. The molecule has 5 heteroatoms. The third kappa shape index (κ3) is 4.49. The minimum atomic E-state index is -4.29. The van der Waals surface area contributed by atoms with Crippen LogP contribution in [0.3, 0.4) is 0 Å². The van der Waals surface area contributed by atoms with Crippen molar-refractivity contribution in [1.29, 1.82) is 0 Å². The van der Waals surface area contributed by atoms with E-state index >= 15 is 0 Å². The number of para-hydroxylation sites is 1. The van der Waals surface area contributed by atoms with E-state index in [4.69, 9.17) is 4.74 Å². The van der Waals surface area contributed by atoms with Crippen LogP contribution >= 0.6 is 11.8 Å². The SMILES string of the molecule is FC(F)(F)c1cccc(SCCOc2ccccc2)c1. The Morgan fingerprint density at radius 2 is 1.70 bits per heavy atom. The van der Waals surface area contributed by atoms with Crippen LogP contribution in [0.5, 0.6) is 5.75 Å². The molecule has 2 aromatic rings. The van der Waals surface area contributed by atoms with Gasteiger partial charge in [-0.25, -0.2) is 0 Å². The van der Waals surface area contributed by atoms with Gasteiger partial charge in [0.25, 0.3) is 0 Å². The molecule has 0 aliphatic carbocycles. The number of rotatable bonds is 5. The molecule has 0 N–H and O–H groups in total. The number of hydrogen-bond donors (Lipinski definition) is 0. The number of benzene rings is 2. The van der Waals surface area contributed by atoms with E-state index in [2.05, 4.69) is 0 Å². The van der Waals surface area contributed by atoms with Crippen molar-refractivity contribution in [1.82, 2.24) is 0 Å². The third-order valence-electron chi connectivity index (χ3n) is 2.53. The molecule has 0 atom stereocenters. The highest BCUT2D eigenvalue weighted by molar-refractivity contribution is 7.99. The monoisotopic (exact) mass is 298 g/mol. The van der Waals surface area contributed by atoms with Crippen molar-refractivity contribution < 1.29 is 17.9 Å². The second-order valence-corrected chi connectivity index (χ2v) is 5.20. The predicted molar refractivity (Wildman–Crippen MR) is 74.1 cm³/mol. The lowest BCUT2D eigenvalue weighted by molar-refractivity contribution is -0.137. The molecule has 0 fully saturated rings. The summed E-state index contributed by atoms with van der Waals surface area (Å²) in [4.78, 5) is 0.594. The van der Waals surface area contributed by atoms with E-state index in [1.807, 2.05) is 30.3 Å². The first kappa shape index (κ1) is 14.8. The Hall–Kier alpha value is -1.62. The topological polar surface area (TPSA) is 9.23 Å². The Kier molecular flexibility index (Phi) is 4.95. The van der Waals surface area contributed by atoms with Crippen molar-refractivity contribution in [2.75, 3.05) is 12.4 Å². The molecule has 0 unspecified atom stereocenters. The van der Waals surface area contributed by atoms with Gasteiger partial charge < -0.3 is 4.74 Å². The lowest BCUT2D eigenvalue weighted by Crippen LogP contribution is -2.04. The summed E-state index contributed by atoms with van der Waals surface area (Å²) in [5.74, 6) is 1.35. The van der Waals surface area contributed by atoms with E-state index < -0.39 is 11.7 Å². The first-order valence-corrected chi connectivity index (χ1v) is 7.02. The van der Waals surface area contributed by atoms with Gasteiger partial charge in [0, 0.05) is 10.6 Å². The molecule has 0 amide bonds. The maximum atomic E-state index is 12.5. The zero-order chi connectivity index (χ0) is 14.4. The summed E-state index contributed by atoms with van der Waals surface area (Å²) in [6.07, 6.45) is -4.29. The average molecular weight is 298 g/mol. The van der Waals surface area contributed by atoms with E-state index in [9.17, 15) is 13.2 Å². The van der Waals surface area contributed by atoms with Crippen molar-refractivity contribution in [3.8, 4) is 5.75 Å². The van der Waals surface area contributed by atoms with Crippen LogP contribution in [-0.2, 0) is 6.18 Å². The Morgan fingerprint density at radius 3 is 2.40 bits per heavy atom. The molecule has 0 saturated carbocycles. The van der Waals surface area contributed by atoms with Gasteiger partial charge in [0.05, 0.1) is 12.2 Å². The van der Waals surface area contributed by atoms with Crippen LogP contribution in [0.1, 0.15) is 5.56 Å². The number of halogens is 3. The lowest BCUT2D eigenvalue weighted by atomic mass is 10.2. The third-order valence-corrected chi connectivity index (χ3v) is 3.48. The zero-order valence-corrected chi connectivity index (χ0v) is 11.4. The van der Waals surface area contributed by atoms with Crippen LogP contribution in [0.4, 0.5) is 13.2 Å². The fourth-order valence-corrected chi connectivity index (χ4v) is 2.39. The molecule has 0 radical (unpaired) electrons. The first-order chi connectivity index (χ1) is 9.55. The molecular weight excluding hydrogens is 285 g/mol. The van der Waals surface area contributed by atoms with Gasteiger partial charge in [0.15, 0.2) is 0 Å². The van der Waals surface area contributed by atoms with Crippen LogP contribution in [0.2, 0.25) is 0 Å². The summed E-state index contributed by atoms with van der Waals surface area (Å²) in [5.41, 5.74) is -0.619. The highest BCUT2D eigenvalue weighted by Crippen LogP contribution is 2.31. The molecule has 0 aromatic heterocycles. The quantitative estimate of drug-likeness (QED) is 0.575. The molecule has 0 heterocycles. The molecule has 0 spiro atoms. The normalized spacial score (nSPS) is 11.3. The van der Waals surface area contributed by atoms with E-state index in [-0.39, 0.29) is 0 Å². The van der Waals surface area contributed by atoms with Crippen LogP contribution < -0.4 is 4.74 Å². The second-order valence-electron chi connectivity index (χ2n) is 4.04. The van der Waals surface area contributed by atoms with Gasteiger partial charge in [-0.1, -0.05) is 24.3 Å². The molecule has 0 aliphatic heterocycles. The van der Waals surface area contributed by atoms with Gasteiger partial charge in [-0.15, -0.1) is 11.8 Å². The van der Waals surface area contributed by atoms with Crippen LogP contribution in [-0.4, -0.2) is 12.4 Å². The van der Waals surface area contributed by atoms with Crippen LogP contribution in [0.15, 0.2) is 59.5 Å². The van der Waals surface area contributed by atoms with Crippen molar-refractivity contribution in [2.45, 2.75) is 11.1 Å². The molecular formula is C15H13F3OS. The highest BCUT2D eigenvalue weighted by atomic mass is 32.2. The number of hydrogen-bond acceptors (Lipinski definition) is 2. The van der Waals surface area contributed by atoms with Crippen molar-refractivity contribution in [3.63, 3.8) is 0 Å². The summed E-state index contributed by atoms with van der Waals surface area (Å²) < 4.78 is 43.1. The Labute approximate surface area is 119 Å². The minimum absolute atomic E-state index is 0.449. The fourth-order valence-electron chi connectivity index (χ4n) is 1.60. The summed E-state index contributed by atoms with van der Waals surface area (Å²) >= 11 is 1.34. The van der Waals surface area contributed by atoms with Crippen molar-refractivity contribution in [3.05, 3.63) is 60.2 Å². The summed E-state index contributed by atoms with van der Waals surface area (Å²) in [5, 5.41) is 0. The van der Waals surface area contributed by atoms with Gasteiger partial charge in [0.2, 0.25) is 0 Å². The Balaban J connectivity index is 1.83. The van der Waals surface area contributed by atoms with Crippen LogP contribution in [0.25, 0.3) is 0 Å². The van der Waals surface area contributed by atoms with E-state index in [0.717, 1.165) is 17.9 Å². The molecule has 2 aromatic carbocycles. The van der Waals surface area contributed by atoms with Crippen molar-refractivity contribution in [2.24, 2.45) is 0 Å². The van der Waals surface area contributed by atoms with E-state index in [0.29, 0.717) is 17.3 Å². The second kappa shape index (κ2) is 6.70. The average Bonchev–Trinajstić information content (AvgIpc) is 2.44. The van der Waals surface area contributed by atoms with E-state index in [1.165, 1.54) is 17.8 Å². The zero-order valence-electron chi connectivity index (χ0n) is 10.6. The molecule has 106 valence electrons. The van der Waals surface area contributed by atoms with Crippen LogP contribution in [0, 0.1) is 0 Å². The predicted octanol–water partition coefficient (Wildman–Crippen LogP) is 4.88. The van der Waals surface area contributed by atoms with Gasteiger partial charge in [-0.3, -0.25) is 0 Å². The highest BCUT2D eigenvalue weighted by Gasteiger charge is 2.30. The molecule has 20 heavy (non-hydrogen) atoms. The Morgan fingerprint density at radius 1 is 0.950 bits per heavy atom. The molecule has 1 nitrogen and oxygen atoms in total. The Bertz CT molecular complexity index is 540. The van der Waals surface area contributed by atoms with E-state index in [1.54, 1.807) is 6.07 Å².